The van der Waals surface area contributed by atoms with E-state index in [0.29, 0.717) is 42.0 Å². The molecule has 2 aromatic heterocycles. The van der Waals surface area contributed by atoms with E-state index in [1.54, 1.807) is 9.80 Å². The van der Waals surface area contributed by atoms with Crippen molar-refractivity contribution in [3.05, 3.63) is 82.7 Å². The molecule has 2 aliphatic heterocycles. The Morgan fingerprint density at radius 1 is 0.847 bits per heavy atom. The number of H-pyrrole nitrogens is 2. The number of carbonyl (C=O) groups is 4. The first kappa shape index (κ1) is 42.8. The van der Waals surface area contributed by atoms with Gasteiger partial charge in [0, 0.05) is 48.6 Å². The van der Waals surface area contributed by atoms with Gasteiger partial charge in [0.25, 0.3) is 0 Å². The van der Waals surface area contributed by atoms with E-state index < -0.39 is 24.3 Å². The van der Waals surface area contributed by atoms with E-state index in [2.05, 4.69) is 46.0 Å². The largest absolute Gasteiger partial charge is 0.465 e. The minimum absolute atomic E-state index is 0.148. The molecule has 2 aliphatic rings. The minimum Gasteiger partial charge on any atom is -0.465 e. The molecule has 0 aliphatic carbocycles. The Bertz CT molecular complexity index is 2220. The average molecular weight is 825 g/mol. The van der Waals surface area contributed by atoms with E-state index in [9.17, 15) is 24.3 Å². The van der Waals surface area contributed by atoms with Gasteiger partial charge in [0.1, 0.15) is 23.7 Å². The van der Waals surface area contributed by atoms with Crippen molar-refractivity contribution >= 4 is 35.6 Å². The lowest BCUT2D eigenvalue weighted by Crippen LogP contribution is -2.51. The quantitative estimate of drug-likeness (QED) is 0.120. The number of aromatic amines is 2. The van der Waals surface area contributed by atoms with Crippen LogP contribution in [0.25, 0.3) is 22.5 Å². The number of likely N-dealkylation sites (N-methyl/N-ethyl adjacent to an activating group) is 1. The van der Waals surface area contributed by atoms with Crippen molar-refractivity contribution in [2.75, 3.05) is 27.2 Å². The molecule has 0 radical (unpaired) electrons. The molecule has 0 spiro atoms. The van der Waals surface area contributed by atoms with Gasteiger partial charge in [0.2, 0.25) is 11.8 Å². The van der Waals surface area contributed by atoms with Crippen LogP contribution in [-0.2, 0) is 14.3 Å². The van der Waals surface area contributed by atoms with Crippen LogP contribution in [0.3, 0.4) is 0 Å². The van der Waals surface area contributed by atoms with Crippen LogP contribution in [0.1, 0.15) is 89.2 Å². The lowest BCUT2D eigenvalue weighted by Gasteiger charge is -2.33. The molecule has 4 amide bonds. The van der Waals surface area contributed by atoms with E-state index in [1.165, 1.54) is 14.2 Å². The Morgan fingerprint density at radius 3 is 1.92 bits per heavy atom. The summed E-state index contributed by atoms with van der Waals surface area (Å²) in [6.45, 7) is 12.7. The molecule has 4 heterocycles. The lowest BCUT2D eigenvalue weighted by atomic mass is 10.0. The monoisotopic (exact) mass is 824 g/mol. The lowest BCUT2D eigenvalue weighted by molar-refractivity contribution is -0.138. The number of halogens is 1. The van der Waals surface area contributed by atoms with Gasteiger partial charge in [0.15, 0.2) is 5.15 Å². The van der Waals surface area contributed by atoms with Gasteiger partial charge in [-0.05, 0) is 60.8 Å². The number of hydrogen-bond acceptors (Lipinski definition) is 7. The third-order valence-corrected chi connectivity index (χ3v) is 11.5. The first-order chi connectivity index (χ1) is 28.1. The molecule has 0 bridgehead atoms. The van der Waals surface area contributed by atoms with E-state index in [-0.39, 0.29) is 47.6 Å². The summed E-state index contributed by atoms with van der Waals surface area (Å²) in [6.07, 6.45) is 1.47. The number of benzene rings is 2. The molecule has 6 rings (SSSR count). The van der Waals surface area contributed by atoms with Crippen LogP contribution in [-0.4, -0.2) is 103 Å². The molecule has 4 aromatic rings. The third kappa shape index (κ3) is 9.41. The van der Waals surface area contributed by atoms with Crippen LogP contribution in [0.2, 0.25) is 5.15 Å². The van der Waals surface area contributed by atoms with Gasteiger partial charge in [-0.2, -0.15) is 0 Å². The van der Waals surface area contributed by atoms with Crippen molar-refractivity contribution in [2.24, 2.45) is 23.7 Å². The zero-order chi connectivity index (χ0) is 42.7. The Labute approximate surface area is 350 Å². The van der Waals surface area contributed by atoms with Crippen molar-refractivity contribution in [3.8, 4) is 34.4 Å². The van der Waals surface area contributed by atoms with Gasteiger partial charge in [-0.3, -0.25) is 14.5 Å². The van der Waals surface area contributed by atoms with E-state index >= 15 is 0 Å². The first-order valence-corrected chi connectivity index (χ1v) is 20.4. The van der Waals surface area contributed by atoms with Gasteiger partial charge in [0.05, 0.1) is 30.6 Å². The van der Waals surface area contributed by atoms with Crippen LogP contribution < -0.4 is 5.32 Å². The number of nitrogens with zero attached hydrogens (tertiary/aromatic N) is 5. The molecule has 14 nitrogen and oxygen atoms in total. The Morgan fingerprint density at radius 2 is 1.39 bits per heavy atom. The van der Waals surface area contributed by atoms with Crippen LogP contribution in [0.4, 0.5) is 9.59 Å². The molecular weight excluding hydrogens is 772 g/mol. The van der Waals surface area contributed by atoms with Crippen LogP contribution >= 0.6 is 11.6 Å². The first-order valence-electron chi connectivity index (χ1n) is 20.0. The molecule has 2 saturated heterocycles. The number of carbonyl (C=O) groups excluding carboxylic acids is 3. The predicted octanol–water partition coefficient (Wildman–Crippen LogP) is 7.35. The number of likely N-dealkylation sites (tertiary alicyclic amines) is 2. The molecule has 0 unspecified atom stereocenters. The van der Waals surface area contributed by atoms with E-state index in [1.807, 2.05) is 82.4 Å². The fraction of sp³-hybridized carbons (Fsp3) is 0.455. The van der Waals surface area contributed by atoms with Crippen molar-refractivity contribution in [2.45, 2.75) is 78.6 Å². The van der Waals surface area contributed by atoms with Gasteiger partial charge in [-0.1, -0.05) is 89.2 Å². The number of rotatable bonds is 10. The second-order valence-corrected chi connectivity index (χ2v) is 16.9. The number of methoxy groups -OCH3 is 1. The van der Waals surface area contributed by atoms with Gasteiger partial charge < -0.3 is 34.9 Å². The van der Waals surface area contributed by atoms with E-state index in [4.69, 9.17) is 21.3 Å². The molecule has 4 N–H and O–H groups in total. The average Bonchev–Trinajstić information content (AvgIpc) is 4.02. The topological polar surface area (TPSA) is 177 Å². The van der Waals surface area contributed by atoms with Gasteiger partial charge in [-0.25, -0.2) is 19.6 Å². The minimum atomic E-state index is -1.13. The summed E-state index contributed by atoms with van der Waals surface area (Å²) < 4.78 is 4.76. The number of aromatic nitrogens is 4. The van der Waals surface area contributed by atoms with Crippen LogP contribution in [0.5, 0.6) is 0 Å². The number of ether oxygens (including phenoxy) is 1. The predicted molar refractivity (Wildman–Crippen MR) is 224 cm³/mol. The van der Waals surface area contributed by atoms with Gasteiger partial charge in [-0.15, -0.1) is 0 Å². The fourth-order valence-corrected chi connectivity index (χ4v) is 8.37. The van der Waals surface area contributed by atoms with Crippen molar-refractivity contribution < 1.29 is 29.0 Å². The molecule has 2 fully saturated rings. The summed E-state index contributed by atoms with van der Waals surface area (Å²) in [4.78, 5) is 72.0. The number of nitrogens with one attached hydrogen (secondary N) is 3. The summed E-state index contributed by atoms with van der Waals surface area (Å²) in [5, 5.41) is 12.6. The van der Waals surface area contributed by atoms with Crippen molar-refractivity contribution in [1.82, 2.24) is 40.0 Å². The highest BCUT2D eigenvalue weighted by Gasteiger charge is 2.42. The fourth-order valence-electron chi connectivity index (χ4n) is 8.12. The molecular formula is C44H53ClN8O6. The van der Waals surface area contributed by atoms with Crippen LogP contribution in [0.15, 0.2) is 54.7 Å². The Balaban J connectivity index is 1.12. The maximum absolute atomic E-state index is 13.7. The normalized spacial score (nSPS) is 20.0. The van der Waals surface area contributed by atoms with Crippen molar-refractivity contribution in [3.63, 3.8) is 0 Å². The highest BCUT2D eigenvalue weighted by atomic mass is 35.5. The number of alkyl carbamates (subject to hydrolysis) is 1. The van der Waals surface area contributed by atoms with Crippen LogP contribution in [0, 0.1) is 35.5 Å². The number of carboxylic acid groups (broad SMARTS) is 1. The maximum atomic E-state index is 13.7. The third-order valence-electron chi connectivity index (χ3n) is 11.2. The Hall–Kier alpha value is -5.81. The smallest absolute Gasteiger partial charge is 0.407 e. The SMILES string of the molecule is COC(=O)N[C@H](C(=O)N1C[C@@H](C)C[C@H]1c1nc(Cl)c(-c2ccc(C#Cc3ccc(-c4c[nH]c([C@@H]5C[C@H](C)CN5C(=O)[C@H](C(C)C)N(C)C(=O)O)n4)cc3)cc2)[nH]1)C(C)C. The number of imidazole rings is 2. The summed E-state index contributed by atoms with van der Waals surface area (Å²) >= 11 is 6.67. The maximum Gasteiger partial charge on any atom is 0.407 e. The zero-order valence-electron chi connectivity index (χ0n) is 34.7. The summed E-state index contributed by atoms with van der Waals surface area (Å²) in [5.74, 6) is 7.44. The highest BCUT2D eigenvalue weighted by Crippen LogP contribution is 2.38. The van der Waals surface area contributed by atoms with Gasteiger partial charge >= 0.3 is 12.2 Å². The zero-order valence-corrected chi connectivity index (χ0v) is 35.5. The molecule has 6 atom stereocenters. The van der Waals surface area contributed by atoms with Crippen molar-refractivity contribution in [1.29, 1.82) is 0 Å². The van der Waals surface area contributed by atoms with E-state index in [0.717, 1.165) is 39.3 Å². The molecule has 312 valence electrons. The summed E-state index contributed by atoms with van der Waals surface area (Å²) in [5.41, 5.74) is 4.73. The number of amides is 4. The molecule has 15 heteroatoms. The standard InChI is InChI=1S/C44H53ClN8O6/c1-24(2)35(49-43(56)59-8)41(54)52-22-27(6)20-34(52)40-48-36(38(45)50-40)31-17-13-29(14-18-31)10-9-28-11-15-30(16-12-28)32-21-46-39(47-32)33-19-26(5)23-53(33)42(55)37(25(3)4)51(7)44(57)58/h11-18,21,24-27,33-35,37H,19-20,22-23H2,1-8H3,(H,46,47)(H,48,50)(H,49,56)(H,57,58)/t26-,27-,33-,34-,35-,37-/m0/s1. The number of hydrogen-bond donors (Lipinski definition) is 4. The summed E-state index contributed by atoms with van der Waals surface area (Å²) in [7, 11) is 2.72. The second kappa shape index (κ2) is 18.0. The molecule has 0 saturated carbocycles. The second-order valence-electron chi connectivity index (χ2n) is 16.5. The summed E-state index contributed by atoms with van der Waals surface area (Å²) in [6, 6.07) is 13.3. The molecule has 59 heavy (non-hydrogen) atoms. The highest BCUT2D eigenvalue weighted by molar-refractivity contribution is 6.31. The molecule has 2 aromatic carbocycles. The Kier molecular flexibility index (Phi) is 13.0.